The maximum atomic E-state index is 12.5. The molecule has 1 amide bonds. The van der Waals surface area contributed by atoms with Crippen molar-refractivity contribution >= 4 is 5.91 Å². The molecule has 0 aromatic rings. The predicted molar refractivity (Wildman–Crippen MR) is 94.0 cm³/mol. The van der Waals surface area contributed by atoms with Crippen LogP contribution in [-0.4, -0.2) is 11.9 Å². The Morgan fingerprint density at radius 1 is 1.00 bits per heavy atom. The van der Waals surface area contributed by atoms with Gasteiger partial charge in [0.25, 0.3) is 0 Å². The number of amides is 1. The van der Waals surface area contributed by atoms with E-state index in [9.17, 15) is 4.79 Å². The van der Waals surface area contributed by atoms with Crippen molar-refractivity contribution in [2.45, 2.75) is 96.4 Å². The number of rotatable bonds is 5. The lowest BCUT2D eigenvalue weighted by Crippen LogP contribution is -2.55. The minimum atomic E-state index is 0.332. The zero-order valence-corrected chi connectivity index (χ0v) is 15.0. The molecular formula is C21H35NO. The third-order valence-corrected chi connectivity index (χ3v) is 7.89. The molecule has 0 saturated heterocycles. The van der Waals surface area contributed by atoms with Gasteiger partial charge in [-0.1, -0.05) is 32.1 Å². The minimum Gasteiger partial charge on any atom is -0.353 e. The largest absolute Gasteiger partial charge is 0.353 e. The molecule has 2 heteroatoms. The topological polar surface area (TPSA) is 29.1 Å². The van der Waals surface area contributed by atoms with E-state index in [1.807, 2.05) is 0 Å². The van der Waals surface area contributed by atoms with E-state index in [0.29, 0.717) is 17.4 Å². The Morgan fingerprint density at radius 2 is 1.57 bits per heavy atom. The highest BCUT2D eigenvalue weighted by atomic mass is 16.1. The molecule has 5 saturated carbocycles. The number of hydrogen-bond donors (Lipinski definition) is 1. The fourth-order valence-electron chi connectivity index (χ4n) is 6.99. The maximum Gasteiger partial charge on any atom is 0.220 e. The van der Waals surface area contributed by atoms with Crippen molar-refractivity contribution in [3.05, 3.63) is 0 Å². The van der Waals surface area contributed by atoms with E-state index < -0.39 is 0 Å². The van der Waals surface area contributed by atoms with Gasteiger partial charge in [0.2, 0.25) is 5.91 Å². The number of hydrogen-bond acceptors (Lipinski definition) is 1. The Balaban J connectivity index is 1.29. The van der Waals surface area contributed by atoms with Gasteiger partial charge >= 0.3 is 0 Å². The van der Waals surface area contributed by atoms with Crippen LogP contribution in [0.3, 0.4) is 0 Å². The molecule has 0 heterocycles. The molecule has 5 rings (SSSR count). The molecule has 23 heavy (non-hydrogen) atoms. The van der Waals surface area contributed by atoms with Crippen molar-refractivity contribution in [2.75, 3.05) is 0 Å². The van der Waals surface area contributed by atoms with Gasteiger partial charge in [0.1, 0.15) is 0 Å². The summed E-state index contributed by atoms with van der Waals surface area (Å²) in [6.45, 7) is 2.31. The van der Waals surface area contributed by atoms with Crippen LogP contribution in [0.25, 0.3) is 0 Å². The fourth-order valence-corrected chi connectivity index (χ4v) is 6.99. The van der Waals surface area contributed by atoms with Crippen molar-refractivity contribution < 1.29 is 4.79 Å². The summed E-state index contributed by atoms with van der Waals surface area (Å²) in [6, 6.07) is 0.398. The number of carbonyl (C=O) groups is 1. The summed E-state index contributed by atoms with van der Waals surface area (Å²) < 4.78 is 0. The Hall–Kier alpha value is -0.530. The molecule has 1 N–H and O–H groups in total. The average molecular weight is 318 g/mol. The Morgan fingerprint density at radius 3 is 2.13 bits per heavy atom. The van der Waals surface area contributed by atoms with E-state index in [0.717, 1.165) is 36.5 Å². The van der Waals surface area contributed by atoms with Crippen molar-refractivity contribution in [3.63, 3.8) is 0 Å². The summed E-state index contributed by atoms with van der Waals surface area (Å²) in [7, 11) is 0. The van der Waals surface area contributed by atoms with Crippen LogP contribution in [0.4, 0.5) is 0 Å². The lowest BCUT2D eigenvalue weighted by Gasteiger charge is -2.59. The first-order valence-corrected chi connectivity index (χ1v) is 10.4. The smallest absolute Gasteiger partial charge is 0.220 e. The molecule has 2 nitrogen and oxygen atoms in total. The van der Waals surface area contributed by atoms with Crippen molar-refractivity contribution in [1.29, 1.82) is 0 Å². The zero-order chi connectivity index (χ0) is 15.9. The summed E-state index contributed by atoms with van der Waals surface area (Å²) in [5, 5.41) is 3.44. The predicted octanol–water partition coefficient (Wildman–Crippen LogP) is 5.07. The average Bonchev–Trinajstić information content (AvgIpc) is 2.52. The van der Waals surface area contributed by atoms with Gasteiger partial charge in [0.05, 0.1) is 0 Å². The van der Waals surface area contributed by atoms with Crippen molar-refractivity contribution in [1.82, 2.24) is 5.32 Å². The van der Waals surface area contributed by atoms with Crippen LogP contribution in [0.15, 0.2) is 0 Å². The molecule has 0 aromatic heterocycles. The molecule has 5 aliphatic carbocycles. The first-order chi connectivity index (χ1) is 11.1. The first-order valence-electron chi connectivity index (χ1n) is 10.4. The highest BCUT2D eigenvalue weighted by Crippen LogP contribution is 2.61. The highest BCUT2D eigenvalue weighted by Gasteiger charge is 2.53. The van der Waals surface area contributed by atoms with E-state index in [-0.39, 0.29) is 0 Å². The third kappa shape index (κ3) is 3.33. The molecule has 0 aliphatic heterocycles. The molecule has 130 valence electrons. The first kappa shape index (κ1) is 16.0. The molecule has 0 spiro atoms. The standard InChI is InChI=1S/C21H35NO/c1-15(22-20(23)8-7-16-5-3-2-4-6-16)21-12-17-9-18(13-21)11-19(10-17)14-21/h15-19H,2-14H2,1H3,(H,22,23). The van der Waals surface area contributed by atoms with E-state index in [2.05, 4.69) is 12.2 Å². The van der Waals surface area contributed by atoms with Crippen LogP contribution in [-0.2, 0) is 4.79 Å². The Kier molecular flexibility index (Phi) is 4.45. The lowest BCUT2D eigenvalue weighted by atomic mass is 9.48. The van der Waals surface area contributed by atoms with Crippen molar-refractivity contribution in [3.8, 4) is 0 Å². The van der Waals surface area contributed by atoms with Gasteiger partial charge in [-0.15, -0.1) is 0 Å². The van der Waals surface area contributed by atoms with Crippen LogP contribution in [0.2, 0.25) is 0 Å². The second kappa shape index (κ2) is 6.41. The van der Waals surface area contributed by atoms with Crippen LogP contribution in [0, 0.1) is 29.1 Å². The minimum absolute atomic E-state index is 0.332. The van der Waals surface area contributed by atoms with Crippen LogP contribution < -0.4 is 5.32 Å². The summed E-state index contributed by atoms with van der Waals surface area (Å²) in [4.78, 5) is 12.5. The number of nitrogens with one attached hydrogen (secondary N) is 1. The Bertz CT molecular complexity index is 402. The van der Waals surface area contributed by atoms with Crippen LogP contribution in [0.5, 0.6) is 0 Å². The van der Waals surface area contributed by atoms with E-state index in [1.54, 1.807) is 0 Å². The van der Waals surface area contributed by atoms with Crippen molar-refractivity contribution in [2.24, 2.45) is 29.1 Å². The molecule has 1 unspecified atom stereocenters. The van der Waals surface area contributed by atoms with E-state index >= 15 is 0 Å². The van der Waals surface area contributed by atoms with Gasteiger partial charge in [0.15, 0.2) is 0 Å². The molecule has 0 aromatic carbocycles. The molecule has 5 aliphatic rings. The quantitative estimate of drug-likeness (QED) is 0.753. The van der Waals surface area contributed by atoms with Gasteiger partial charge in [-0.2, -0.15) is 0 Å². The second-order valence-corrected chi connectivity index (χ2v) is 9.61. The van der Waals surface area contributed by atoms with Gasteiger partial charge in [-0.05, 0) is 81.0 Å². The second-order valence-electron chi connectivity index (χ2n) is 9.61. The number of carbonyl (C=O) groups excluding carboxylic acids is 1. The molecule has 1 atom stereocenters. The summed E-state index contributed by atoms with van der Waals surface area (Å²) in [6.07, 6.45) is 17.4. The molecule has 4 bridgehead atoms. The monoisotopic (exact) mass is 317 g/mol. The van der Waals surface area contributed by atoms with E-state index in [4.69, 9.17) is 0 Å². The molecular weight excluding hydrogens is 282 g/mol. The molecule has 0 radical (unpaired) electrons. The van der Waals surface area contributed by atoms with E-state index in [1.165, 1.54) is 70.6 Å². The van der Waals surface area contributed by atoms with Gasteiger partial charge in [-0.25, -0.2) is 0 Å². The fraction of sp³-hybridized carbons (Fsp3) is 0.952. The third-order valence-electron chi connectivity index (χ3n) is 7.89. The van der Waals surface area contributed by atoms with Gasteiger partial charge < -0.3 is 5.32 Å². The van der Waals surface area contributed by atoms with Gasteiger partial charge in [-0.3, -0.25) is 4.79 Å². The zero-order valence-electron chi connectivity index (χ0n) is 15.0. The molecule has 5 fully saturated rings. The van der Waals surface area contributed by atoms with Crippen LogP contribution >= 0.6 is 0 Å². The summed E-state index contributed by atoms with van der Waals surface area (Å²) in [5.41, 5.74) is 0.454. The van der Waals surface area contributed by atoms with Crippen LogP contribution in [0.1, 0.15) is 90.4 Å². The maximum absolute atomic E-state index is 12.5. The summed E-state index contributed by atoms with van der Waals surface area (Å²) in [5.74, 6) is 4.08. The van der Waals surface area contributed by atoms with Gasteiger partial charge in [0, 0.05) is 12.5 Å². The lowest BCUT2D eigenvalue weighted by molar-refractivity contribution is -0.126. The highest BCUT2D eigenvalue weighted by molar-refractivity contribution is 5.76. The normalized spacial score (nSPS) is 41.0. The Labute approximate surface area is 142 Å². The SMILES string of the molecule is CC(NC(=O)CCC1CCCCC1)C12CC3CC(CC(C3)C1)C2. The summed E-state index contributed by atoms with van der Waals surface area (Å²) >= 11 is 0.